The highest BCUT2D eigenvalue weighted by molar-refractivity contribution is 6.09. The van der Waals surface area contributed by atoms with Gasteiger partial charge in [0.05, 0.1) is 23.6 Å². The number of aryl methyl sites for hydroxylation is 1. The van der Waals surface area contributed by atoms with Crippen LogP contribution in [0.4, 0.5) is 14.5 Å². The molecule has 0 fully saturated rings. The summed E-state index contributed by atoms with van der Waals surface area (Å²) >= 11 is 0. The quantitative estimate of drug-likeness (QED) is 0.727. The molecule has 0 radical (unpaired) electrons. The second-order valence-electron chi connectivity index (χ2n) is 7.31. The SMILES string of the molecule is C=C1C=CC(c2cnc(CCC(C)(F)F)nc2)=NN1CC1=Nc2ccccc2C1. The number of fused-ring (bicyclic) bond motifs is 1. The molecule has 2 aliphatic rings. The first-order valence-electron chi connectivity index (χ1n) is 9.44. The van der Waals surface area contributed by atoms with Gasteiger partial charge in [-0.15, -0.1) is 0 Å². The molecule has 0 unspecified atom stereocenters. The molecule has 0 bridgehead atoms. The minimum atomic E-state index is -2.72. The number of aromatic nitrogens is 2. The number of hydrogen-bond acceptors (Lipinski definition) is 5. The highest BCUT2D eigenvalue weighted by Crippen LogP contribution is 2.27. The van der Waals surface area contributed by atoms with E-state index in [0.717, 1.165) is 36.0 Å². The lowest BCUT2D eigenvalue weighted by atomic mass is 10.1. The first-order valence-corrected chi connectivity index (χ1v) is 9.44. The number of nitrogens with zero attached hydrogens (tertiary/aromatic N) is 5. The third kappa shape index (κ3) is 4.62. The molecular weight excluding hydrogens is 372 g/mol. The molecule has 0 amide bonds. The summed E-state index contributed by atoms with van der Waals surface area (Å²) in [5.41, 5.74) is 5.44. The summed E-state index contributed by atoms with van der Waals surface area (Å²) in [7, 11) is 0. The molecule has 0 spiro atoms. The first kappa shape index (κ1) is 19.1. The molecule has 0 saturated carbocycles. The molecule has 4 rings (SSSR count). The van der Waals surface area contributed by atoms with Gasteiger partial charge >= 0.3 is 0 Å². The minimum Gasteiger partial charge on any atom is -0.260 e. The van der Waals surface area contributed by atoms with Gasteiger partial charge in [-0.1, -0.05) is 24.8 Å². The Balaban J connectivity index is 1.46. The average molecular weight is 393 g/mol. The third-order valence-electron chi connectivity index (χ3n) is 4.78. The van der Waals surface area contributed by atoms with Crippen molar-refractivity contribution in [1.82, 2.24) is 15.0 Å². The summed E-state index contributed by atoms with van der Waals surface area (Å²) in [6.45, 7) is 5.50. The standard InChI is InChI=1S/C22H21F2N5/c1-15-7-8-20(17-12-25-21(26-13-17)9-10-22(2,23)24)28-29(15)14-18-11-16-5-3-4-6-19(16)27-18/h3-8,12-13H,1,9-11,14H2,2H3. The number of aliphatic imine (C=N–C) groups is 1. The van der Waals surface area contributed by atoms with Crippen LogP contribution >= 0.6 is 0 Å². The van der Waals surface area contributed by atoms with E-state index in [1.807, 2.05) is 35.4 Å². The van der Waals surface area contributed by atoms with E-state index in [2.05, 4.69) is 32.7 Å². The molecule has 2 aromatic rings. The van der Waals surface area contributed by atoms with Crippen molar-refractivity contribution in [3.05, 3.63) is 78.0 Å². The lowest BCUT2D eigenvalue weighted by Crippen LogP contribution is -2.27. The fourth-order valence-electron chi connectivity index (χ4n) is 3.19. The van der Waals surface area contributed by atoms with Crippen LogP contribution in [0.3, 0.4) is 0 Å². The number of halogens is 2. The molecule has 0 atom stereocenters. The highest BCUT2D eigenvalue weighted by Gasteiger charge is 2.22. The van der Waals surface area contributed by atoms with Crippen molar-refractivity contribution in [2.45, 2.75) is 32.1 Å². The highest BCUT2D eigenvalue weighted by atomic mass is 19.3. The van der Waals surface area contributed by atoms with E-state index in [1.54, 1.807) is 12.4 Å². The second-order valence-corrected chi connectivity index (χ2v) is 7.31. The maximum atomic E-state index is 13.0. The number of allylic oxidation sites excluding steroid dienone is 2. The summed E-state index contributed by atoms with van der Waals surface area (Å²) < 4.78 is 26.0. The van der Waals surface area contributed by atoms with Gasteiger partial charge in [-0.25, -0.2) is 18.7 Å². The normalized spacial score (nSPS) is 16.0. The Hall–Kier alpha value is -3.22. The van der Waals surface area contributed by atoms with E-state index >= 15 is 0 Å². The second kappa shape index (κ2) is 7.66. The molecule has 5 nitrogen and oxygen atoms in total. The third-order valence-corrected chi connectivity index (χ3v) is 4.78. The van der Waals surface area contributed by atoms with Crippen molar-refractivity contribution in [2.75, 3.05) is 6.54 Å². The molecule has 0 saturated heterocycles. The minimum absolute atomic E-state index is 0.134. The van der Waals surface area contributed by atoms with Gasteiger partial charge in [0, 0.05) is 42.9 Å². The molecule has 7 heteroatoms. The number of alkyl halides is 2. The fourth-order valence-corrected chi connectivity index (χ4v) is 3.19. The zero-order valence-corrected chi connectivity index (χ0v) is 16.1. The number of rotatable bonds is 6. The molecule has 0 aliphatic carbocycles. The van der Waals surface area contributed by atoms with E-state index in [4.69, 9.17) is 0 Å². The zero-order valence-electron chi connectivity index (χ0n) is 16.1. The molecule has 1 aromatic heterocycles. The van der Waals surface area contributed by atoms with Crippen molar-refractivity contribution < 1.29 is 8.78 Å². The van der Waals surface area contributed by atoms with Gasteiger partial charge in [-0.2, -0.15) is 5.10 Å². The van der Waals surface area contributed by atoms with Gasteiger partial charge in [0.25, 0.3) is 0 Å². The Morgan fingerprint density at radius 1 is 1.14 bits per heavy atom. The smallest absolute Gasteiger partial charge is 0.245 e. The summed E-state index contributed by atoms with van der Waals surface area (Å²) in [5, 5.41) is 6.47. The summed E-state index contributed by atoms with van der Waals surface area (Å²) in [5.74, 6) is -2.32. The number of hydrazone groups is 1. The lowest BCUT2D eigenvalue weighted by Gasteiger charge is -2.23. The summed E-state index contributed by atoms with van der Waals surface area (Å²) in [6, 6.07) is 8.09. The zero-order chi connectivity index (χ0) is 20.4. The molecule has 3 heterocycles. The number of benzene rings is 1. The molecule has 0 N–H and O–H groups in total. The van der Waals surface area contributed by atoms with E-state index in [9.17, 15) is 8.78 Å². The van der Waals surface area contributed by atoms with Crippen molar-refractivity contribution in [3.63, 3.8) is 0 Å². The van der Waals surface area contributed by atoms with Crippen molar-refractivity contribution >= 4 is 17.1 Å². The molecular formula is C22H21F2N5. The maximum Gasteiger partial charge on any atom is 0.245 e. The van der Waals surface area contributed by atoms with Crippen LogP contribution in [0.2, 0.25) is 0 Å². The van der Waals surface area contributed by atoms with Crippen LogP contribution in [0.15, 0.2) is 71.2 Å². The van der Waals surface area contributed by atoms with E-state index in [1.165, 1.54) is 5.56 Å². The predicted octanol–water partition coefficient (Wildman–Crippen LogP) is 4.48. The number of para-hydroxylation sites is 1. The Kier molecular flexibility index (Phi) is 5.05. The summed E-state index contributed by atoms with van der Waals surface area (Å²) in [4.78, 5) is 13.1. The van der Waals surface area contributed by atoms with Gasteiger partial charge in [0.2, 0.25) is 5.92 Å². The maximum absolute atomic E-state index is 13.0. The summed E-state index contributed by atoms with van der Waals surface area (Å²) in [6.07, 6.45) is 7.64. The van der Waals surface area contributed by atoms with E-state index in [-0.39, 0.29) is 12.8 Å². The van der Waals surface area contributed by atoms with Crippen molar-refractivity contribution in [1.29, 1.82) is 0 Å². The van der Waals surface area contributed by atoms with E-state index < -0.39 is 5.92 Å². The van der Waals surface area contributed by atoms with Crippen LogP contribution in [0, 0.1) is 0 Å². The average Bonchev–Trinajstić information content (AvgIpc) is 3.10. The van der Waals surface area contributed by atoms with Gasteiger partial charge in [0.15, 0.2) is 0 Å². The van der Waals surface area contributed by atoms with Crippen LogP contribution in [-0.4, -0.2) is 38.9 Å². The topological polar surface area (TPSA) is 53.7 Å². The Labute approximate surface area is 168 Å². The number of hydrogen-bond donors (Lipinski definition) is 0. The van der Waals surface area contributed by atoms with Gasteiger partial charge in [-0.3, -0.25) is 10.0 Å². The largest absolute Gasteiger partial charge is 0.260 e. The Morgan fingerprint density at radius 2 is 1.90 bits per heavy atom. The molecule has 1 aromatic carbocycles. The van der Waals surface area contributed by atoms with Crippen molar-refractivity contribution in [2.24, 2.45) is 10.1 Å². The lowest BCUT2D eigenvalue weighted by molar-refractivity contribution is 0.0128. The first-order chi connectivity index (χ1) is 13.9. The van der Waals surface area contributed by atoms with Crippen LogP contribution in [0.5, 0.6) is 0 Å². The van der Waals surface area contributed by atoms with Crippen LogP contribution in [0.1, 0.15) is 30.3 Å². The van der Waals surface area contributed by atoms with Crippen LogP contribution in [0.25, 0.3) is 0 Å². The molecule has 2 aliphatic heterocycles. The van der Waals surface area contributed by atoms with Gasteiger partial charge < -0.3 is 0 Å². The molecule has 29 heavy (non-hydrogen) atoms. The van der Waals surface area contributed by atoms with E-state index in [0.29, 0.717) is 18.1 Å². The predicted molar refractivity (Wildman–Crippen MR) is 110 cm³/mol. The van der Waals surface area contributed by atoms with Gasteiger partial charge in [-0.05, 0) is 30.7 Å². The Bertz CT molecular complexity index is 1020. The van der Waals surface area contributed by atoms with Crippen LogP contribution in [-0.2, 0) is 12.8 Å². The fraction of sp³-hybridized carbons (Fsp3) is 0.273. The Morgan fingerprint density at radius 3 is 2.62 bits per heavy atom. The van der Waals surface area contributed by atoms with Crippen molar-refractivity contribution in [3.8, 4) is 0 Å². The van der Waals surface area contributed by atoms with Gasteiger partial charge in [0.1, 0.15) is 5.82 Å². The van der Waals surface area contributed by atoms with Crippen LogP contribution < -0.4 is 0 Å². The molecule has 148 valence electrons. The monoisotopic (exact) mass is 393 g/mol.